The van der Waals surface area contributed by atoms with Crippen LogP contribution in [0.1, 0.15) is 5.56 Å². The molecule has 4 aliphatic rings. The molecule has 3 aromatic rings. The van der Waals surface area contributed by atoms with Crippen molar-refractivity contribution in [3.8, 4) is 0 Å². The molecular formula is C28H17BrO. The van der Waals surface area contributed by atoms with Crippen molar-refractivity contribution in [1.82, 2.24) is 0 Å². The molecule has 7 rings (SSSR count). The number of fused-ring (bicyclic) bond motifs is 3. The van der Waals surface area contributed by atoms with E-state index in [0.29, 0.717) is 11.8 Å². The van der Waals surface area contributed by atoms with Gasteiger partial charge >= 0.3 is 0 Å². The van der Waals surface area contributed by atoms with Crippen LogP contribution in [0.5, 0.6) is 0 Å². The lowest BCUT2D eigenvalue weighted by molar-refractivity contribution is 0.566. The van der Waals surface area contributed by atoms with Crippen molar-refractivity contribution in [3.63, 3.8) is 0 Å². The summed E-state index contributed by atoms with van der Waals surface area (Å²) in [6.07, 6.45) is 20.5. The van der Waals surface area contributed by atoms with Crippen molar-refractivity contribution in [1.29, 1.82) is 0 Å². The minimum absolute atomic E-state index is 0.398. The van der Waals surface area contributed by atoms with E-state index in [2.05, 4.69) is 94.9 Å². The molecule has 0 saturated heterocycles. The molecule has 2 atom stereocenters. The summed E-state index contributed by atoms with van der Waals surface area (Å²) >= 11 is 3.71. The third kappa shape index (κ3) is 2.17. The molecule has 1 aromatic heterocycles. The van der Waals surface area contributed by atoms with Crippen LogP contribution < -0.4 is 0 Å². The Hall–Kier alpha value is -3.10. The Morgan fingerprint density at radius 2 is 1.57 bits per heavy atom. The van der Waals surface area contributed by atoms with Gasteiger partial charge < -0.3 is 4.42 Å². The molecule has 30 heavy (non-hydrogen) atoms. The molecule has 0 radical (unpaired) electrons. The monoisotopic (exact) mass is 448 g/mol. The Morgan fingerprint density at radius 3 is 2.50 bits per heavy atom. The highest BCUT2D eigenvalue weighted by atomic mass is 79.9. The van der Waals surface area contributed by atoms with E-state index in [4.69, 9.17) is 4.42 Å². The second-order valence-corrected chi connectivity index (χ2v) is 9.13. The van der Waals surface area contributed by atoms with Gasteiger partial charge in [-0.25, -0.2) is 0 Å². The SMILES string of the molecule is Brc1cccc2oc3ccc(C4=C5C=CC6=CC=CC7=CC=C(C=C4)C5C67)cc3c12. The summed E-state index contributed by atoms with van der Waals surface area (Å²) in [5.74, 6) is 0.831. The minimum atomic E-state index is 0.398. The summed E-state index contributed by atoms with van der Waals surface area (Å²) < 4.78 is 7.15. The number of halogens is 1. The quantitative estimate of drug-likeness (QED) is 0.369. The smallest absolute Gasteiger partial charge is 0.136 e. The van der Waals surface area contributed by atoms with Crippen molar-refractivity contribution in [2.24, 2.45) is 11.8 Å². The van der Waals surface area contributed by atoms with E-state index < -0.39 is 0 Å². The van der Waals surface area contributed by atoms with Gasteiger partial charge in [-0.2, -0.15) is 0 Å². The molecule has 0 aliphatic heterocycles. The van der Waals surface area contributed by atoms with Crippen molar-refractivity contribution >= 4 is 43.4 Å². The van der Waals surface area contributed by atoms with Crippen LogP contribution in [0.15, 0.2) is 122 Å². The summed E-state index contributed by atoms with van der Waals surface area (Å²) in [4.78, 5) is 0. The molecule has 0 fully saturated rings. The van der Waals surface area contributed by atoms with Gasteiger partial charge in [-0.3, -0.25) is 0 Å². The van der Waals surface area contributed by atoms with Crippen LogP contribution in [0.2, 0.25) is 0 Å². The molecule has 0 spiro atoms. The summed E-state index contributed by atoms with van der Waals surface area (Å²) in [5, 5.41) is 2.30. The topological polar surface area (TPSA) is 13.1 Å². The first-order chi connectivity index (χ1) is 14.8. The second kappa shape index (κ2) is 5.96. The number of hydrogen-bond acceptors (Lipinski definition) is 1. The minimum Gasteiger partial charge on any atom is -0.456 e. The molecule has 0 N–H and O–H groups in total. The van der Waals surface area contributed by atoms with Gasteiger partial charge in [0.25, 0.3) is 0 Å². The van der Waals surface area contributed by atoms with Crippen molar-refractivity contribution in [2.75, 3.05) is 0 Å². The van der Waals surface area contributed by atoms with Gasteiger partial charge in [-0.05, 0) is 57.7 Å². The van der Waals surface area contributed by atoms with Crippen LogP contribution in [0.4, 0.5) is 0 Å². The van der Waals surface area contributed by atoms with Crippen LogP contribution in [0.3, 0.4) is 0 Å². The number of hydrogen-bond donors (Lipinski definition) is 0. The van der Waals surface area contributed by atoms with Crippen LogP contribution in [-0.2, 0) is 0 Å². The molecular weight excluding hydrogens is 432 g/mol. The highest BCUT2D eigenvalue weighted by molar-refractivity contribution is 9.10. The molecule has 1 nitrogen and oxygen atoms in total. The fourth-order valence-electron chi connectivity index (χ4n) is 5.42. The molecule has 142 valence electrons. The van der Waals surface area contributed by atoms with Crippen molar-refractivity contribution < 1.29 is 4.42 Å². The molecule has 2 aromatic carbocycles. The van der Waals surface area contributed by atoms with E-state index in [-0.39, 0.29) is 0 Å². The Labute approximate surface area is 182 Å². The highest BCUT2D eigenvalue weighted by Crippen LogP contribution is 2.51. The third-order valence-corrected chi connectivity index (χ3v) is 7.42. The van der Waals surface area contributed by atoms with Gasteiger partial charge in [-0.15, -0.1) is 0 Å². The van der Waals surface area contributed by atoms with E-state index in [1.54, 1.807) is 0 Å². The first-order valence-electron chi connectivity index (χ1n) is 10.3. The Kier molecular flexibility index (Phi) is 3.31. The van der Waals surface area contributed by atoms with Gasteiger partial charge in [-0.1, -0.05) is 82.7 Å². The lowest BCUT2D eigenvalue weighted by Gasteiger charge is -2.40. The summed E-state index contributed by atoms with van der Waals surface area (Å²) in [5.41, 5.74) is 10.1. The largest absolute Gasteiger partial charge is 0.456 e. The van der Waals surface area contributed by atoms with Crippen LogP contribution in [0, 0.1) is 11.8 Å². The molecule has 0 bridgehead atoms. The van der Waals surface area contributed by atoms with Gasteiger partial charge in [0.2, 0.25) is 0 Å². The van der Waals surface area contributed by atoms with Gasteiger partial charge in [0.05, 0.1) is 0 Å². The van der Waals surface area contributed by atoms with Crippen LogP contribution in [-0.4, -0.2) is 0 Å². The number of allylic oxidation sites excluding steroid dienone is 14. The molecule has 0 amide bonds. The van der Waals surface area contributed by atoms with Crippen LogP contribution >= 0.6 is 15.9 Å². The maximum absolute atomic E-state index is 6.08. The maximum atomic E-state index is 6.08. The maximum Gasteiger partial charge on any atom is 0.136 e. The fraction of sp³-hybridized carbons (Fsp3) is 0.0714. The zero-order valence-corrected chi connectivity index (χ0v) is 17.7. The van der Waals surface area contributed by atoms with Crippen molar-refractivity contribution in [2.45, 2.75) is 0 Å². The Morgan fingerprint density at radius 1 is 0.733 bits per heavy atom. The first kappa shape index (κ1) is 16.7. The van der Waals surface area contributed by atoms with E-state index in [1.807, 2.05) is 12.1 Å². The predicted octanol–water partition coefficient (Wildman–Crippen LogP) is 7.84. The summed E-state index contributed by atoms with van der Waals surface area (Å²) in [6, 6.07) is 12.7. The second-order valence-electron chi connectivity index (χ2n) is 8.28. The van der Waals surface area contributed by atoms with E-state index in [9.17, 15) is 0 Å². The van der Waals surface area contributed by atoms with E-state index in [0.717, 1.165) is 26.4 Å². The average molecular weight is 449 g/mol. The predicted molar refractivity (Wildman–Crippen MR) is 127 cm³/mol. The Bertz CT molecular complexity index is 1500. The fourth-order valence-corrected chi connectivity index (χ4v) is 5.98. The van der Waals surface area contributed by atoms with E-state index >= 15 is 0 Å². The lowest BCUT2D eigenvalue weighted by atomic mass is 9.63. The lowest BCUT2D eigenvalue weighted by Crippen LogP contribution is -2.29. The summed E-state index contributed by atoms with van der Waals surface area (Å²) in [6.45, 7) is 0. The van der Waals surface area contributed by atoms with Crippen LogP contribution in [0.25, 0.3) is 27.5 Å². The number of furan rings is 1. The standard InChI is InChI=1S/C28H17BrO/c29-23-5-2-6-25-28(23)22-15-19(11-14-24(22)30-25)20-12-9-18-8-7-16-3-1-4-17-10-13-21(20)27(18)26(16)17/h1-15,26-27H. The average Bonchev–Trinajstić information content (AvgIpc) is 3.16. The number of benzene rings is 2. The molecule has 2 unspecified atom stereocenters. The molecule has 1 heterocycles. The van der Waals surface area contributed by atoms with Gasteiger partial charge in [0, 0.05) is 27.1 Å². The van der Waals surface area contributed by atoms with E-state index in [1.165, 1.54) is 33.4 Å². The van der Waals surface area contributed by atoms with Gasteiger partial charge in [0.15, 0.2) is 0 Å². The Balaban J connectivity index is 1.47. The zero-order valence-electron chi connectivity index (χ0n) is 16.1. The van der Waals surface area contributed by atoms with Gasteiger partial charge in [0.1, 0.15) is 11.2 Å². The molecule has 0 saturated carbocycles. The van der Waals surface area contributed by atoms with Crippen molar-refractivity contribution in [3.05, 3.63) is 123 Å². The summed E-state index contributed by atoms with van der Waals surface area (Å²) in [7, 11) is 0. The molecule has 4 aliphatic carbocycles. The number of rotatable bonds is 1. The zero-order chi connectivity index (χ0) is 19.8. The normalized spacial score (nSPS) is 23.6. The highest BCUT2D eigenvalue weighted by Gasteiger charge is 2.38. The first-order valence-corrected chi connectivity index (χ1v) is 11.1. The third-order valence-electron chi connectivity index (χ3n) is 6.76. The molecule has 2 heteroatoms.